The van der Waals surface area contributed by atoms with Gasteiger partial charge in [-0.05, 0) is 55.4 Å². The molecule has 0 spiro atoms. The molecule has 4 rings (SSSR count). The second-order valence-corrected chi connectivity index (χ2v) is 6.88. The number of methoxy groups -OCH3 is 1. The van der Waals surface area contributed by atoms with Gasteiger partial charge in [0.2, 0.25) is 5.91 Å². The summed E-state index contributed by atoms with van der Waals surface area (Å²) in [5.41, 5.74) is 2.53. The molecule has 1 aromatic heterocycles. The van der Waals surface area contributed by atoms with E-state index >= 15 is 0 Å². The Hall–Kier alpha value is -1.97. The Balaban J connectivity index is 1.48. The van der Waals surface area contributed by atoms with Gasteiger partial charge in [-0.25, -0.2) is 0 Å². The van der Waals surface area contributed by atoms with Crippen LogP contribution in [0.5, 0.6) is 5.75 Å². The quantitative estimate of drug-likeness (QED) is 0.939. The largest absolute Gasteiger partial charge is 0.497 e. The first-order valence-electron chi connectivity index (χ1n) is 8.70. The first-order chi connectivity index (χ1) is 11.3. The van der Waals surface area contributed by atoms with Gasteiger partial charge in [-0.15, -0.1) is 0 Å². The average Bonchev–Trinajstić information content (AvgIpc) is 2.96. The van der Waals surface area contributed by atoms with Crippen molar-refractivity contribution < 1.29 is 9.53 Å². The molecule has 1 aromatic carbocycles. The molecule has 1 N–H and O–H groups in total. The summed E-state index contributed by atoms with van der Waals surface area (Å²) < 4.78 is 5.36. The lowest BCUT2D eigenvalue weighted by atomic mass is 9.83. The fourth-order valence-electron chi connectivity index (χ4n) is 3.91. The van der Waals surface area contributed by atoms with E-state index in [1.54, 1.807) is 7.11 Å². The molecule has 0 radical (unpaired) electrons. The average molecular weight is 312 g/mol. The first-order valence-corrected chi connectivity index (χ1v) is 8.70. The summed E-state index contributed by atoms with van der Waals surface area (Å²) in [5.74, 6) is 2.15. The van der Waals surface area contributed by atoms with Crippen molar-refractivity contribution in [1.82, 2.24) is 9.88 Å². The summed E-state index contributed by atoms with van der Waals surface area (Å²) in [6, 6.07) is 6.18. The molecule has 2 heterocycles. The number of ether oxygens (including phenoxy) is 1. The van der Waals surface area contributed by atoms with Crippen LogP contribution in [0.1, 0.15) is 43.6 Å². The first kappa shape index (κ1) is 14.6. The number of nitrogens with zero attached hydrogens (tertiary/aromatic N) is 1. The van der Waals surface area contributed by atoms with Crippen molar-refractivity contribution in [3.05, 3.63) is 30.0 Å². The third kappa shape index (κ3) is 2.60. The van der Waals surface area contributed by atoms with Crippen molar-refractivity contribution in [1.29, 1.82) is 0 Å². The van der Waals surface area contributed by atoms with Crippen LogP contribution < -0.4 is 4.74 Å². The highest BCUT2D eigenvalue weighted by Gasteiger charge is 2.32. The fraction of sp³-hybridized carbons (Fsp3) is 0.526. The number of rotatable bonds is 3. The van der Waals surface area contributed by atoms with Gasteiger partial charge in [-0.3, -0.25) is 4.79 Å². The molecule has 2 aromatic rings. The van der Waals surface area contributed by atoms with Gasteiger partial charge in [0.25, 0.3) is 0 Å². The lowest BCUT2D eigenvalue weighted by molar-refractivity contribution is -0.139. The molecule has 2 fully saturated rings. The number of amides is 1. The number of nitrogens with one attached hydrogen (secondary N) is 1. The molecule has 1 saturated carbocycles. The summed E-state index contributed by atoms with van der Waals surface area (Å²) >= 11 is 0. The van der Waals surface area contributed by atoms with Crippen LogP contribution in [0.3, 0.4) is 0 Å². The van der Waals surface area contributed by atoms with Crippen LogP contribution in [0.2, 0.25) is 0 Å². The standard InChI is InChI=1S/C19H24N2O2/c1-23-15-5-6-18-16(11-15)17(12-20-18)13-7-9-21(10-8-13)19(22)14-3-2-4-14/h5-6,11-14,20H,2-4,7-10H2,1H3. The van der Waals surface area contributed by atoms with Crippen LogP contribution in [0, 0.1) is 5.92 Å². The Labute approximate surface area is 136 Å². The molecule has 1 aliphatic carbocycles. The van der Waals surface area contributed by atoms with E-state index in [2.05, 4.69) is 28.2 Å². The molecule has 122 valence electrons. The van der Waals surface area contributed by atoms with Gasteiger partial charge in [0.05, 0.1) is 7.11 Å². The third-order valence-electron chi connectivity index (χ3n) is 5.62. The number of hydrogen-bond donors (Lipinski definition) is 1. The van der Waals surface area contributed by atoms with E-state index in [-0.39, 0.29) is 0 Å². The number of hydrogen-bond acceptors (Lipinski definition) is 2. The molecule has 23 heavy (non-hydrogen) atoms. The van der Waals surface area contributed by atoms with Crippen LogP contribution in [-0.2, 0) is 4.79 Å². The van der Waals surface area contributed by atoms with Gasteiger partial charge in [0.1, 0.15) is 5.75 Å². The lowest BCUT2D eigenvalue weighted by Gasteiger charge is -2.36. The highest BCUT2D eigenvalue weighted by Crippen LogP contribution is 2.36. The minimum absolute atomic E-state index is 0.323. The van der Waals surface area contributed by atoms with E-state index in [0.29, 0.717) is 17.7 Å². The van der Waals surface area contributed by atoms with Gasteiger partial charge < -0.3 is 14.6 Å². The fourth-order valence-corrected chi connectivity index (χ4v) is 3.91. The molecule has 0 unspecified atom stereocenters. The summed E-state index contributed by atoms with van der Waals surface area (Å²) in [4.78, 5) is 17.8. The van der Waals surface area contributed by atoms with Gasteiger partial charge in [-0.1, -0.05) is 6.42 Å². The number of carbonyl (C=O) groups excluding carboxylic acids is 1. The minimum atomic E-state index is 0.323. The molecule has 4 heteroatoms. The number of benzene rings is 1. The monoisotopic (exact) mass is 312 g/mol. The highest BCUT2D eigenvalue weighted by atomic mass is 16.5. The molecule has 4 nitrogen and oxygen atoms in total. The van der Waals surface area contributed by atoms with Crippen molar-refractivity contribution in [2.45, 2.75) is 38.0 Å². The summed E-state index contributed by atoms with van der Waals surface area (Å²) in [6.45, 7) is 1.80. The maximum Gasteiger partial charge on any atom is 0.225 e. The van der Waals surface area contributed by atoms with Crippen molar-refractivity contribution >= 4 is 16.8 Å². The molecule has 1 amide bonds. The molecule has 0 atom stereocenters. The Morgan fingerprint density at radius 3 is 2.65 bits per heavy atom. The highest BCUT2D eigenvalue weighted by molar-refractivity contribution is 5.85. The normalized spacial score (nSPS) is 19.8. The predicted molar refractivity (Wildman–Crippen MR) is 90.7 cm³/mol. The molecular weight excluding hydrogens is 288 g/mol. The summed E-state index contributed by atoms with van der Waals surface area (Å²) in [6.07, 6.45) is 7.68. The van der Waals surface area contributed by atoms with Gasteiger partial charge in [0, 0.05) is 36.1 Å². The molecule has 1 saturated heterocycles. The number of aromatic amines is 1. The Morgan fingerprint density at radius 2 is 2.00 bits per heavy atom. The smallest absolute Gasteiger partial charge is 0.225 e. The van der Waals surface area contributed by atoms with E-state index < -0.39 is 0 Å². The molecule has 2 aliphatic rings. The number of fused-ring (bicyclic) bond motifs is 1. The number of carbonyl (C=O) groups is 1. The number of H-pyrrole nitrogens is 1. The van der Waals surface area contributed by atoms with E-state index in [1.165, 1.54) is 17.4 Å². The zero-order valence-electron chi connectivity index (χ0n) is 13.7. The number of piperidine rings is 1. The molecule has 1 aliphatic heterocycles. The van der Waals surface area contributed by atoms with Crippen molar-refractivity contribution in [2.24, 2.45) is 5.92 Å². The topological polar surface area (TPSA) is 45.3 Å². The van der Waals surface area contributed by atoms with Crippen molar-refractivity contribution in [3.63, 3.8) is 0 Å². The second-order valence-electron chi connectivity index (χ2n) is 6.88. The zero-order chi connectivity index (χ0) is 15.8. The van der Waals surface area contributed by atoms with Gasteiger partial charge in [-0.2, -0.15) is 0 Å². The Kier molecular flexibility index (Phi) is 3.76. The minimum Gasteiger partial charge on any atom is -0.497 e. The van der Waals surface area contributed by atoms with E-state index in [0.717, 1.165) is 50.0 Å². The maximum atomic E-state index is 12.4. The second kappa shape index (κ2) is 5.91. The zero-order valence-corrected chi connectivity index (χ0v) is 13.7. The van der Waals surface area contributed by atoms with Gasteiger partial charge in [0.15, 0.2) is 0 Å². The maximum absolute atomic E-state index is 12.4. The Bertz CT molecular complexity index is 709. The van der Waals surface area contributed by atoms with Crippen molar-refractivity contribution in [3.8, 4) is 5.75 Å². The lowest BCUT2D eigenvalue weighted by Crippen LogP contribution is -2.43. The van der Waals surface area contributed by atoms with E-state index in [4.69, 9.17) is 4.74 Å². The van der Waals surface area contributed by atoms with Crippen LogP contribution in [0.15, 0.2) is 24.4 Å². The SMILES string of the molecule is COc1ccc2[nH]cc(C3CCN(C(=O)C4CCC4)CC3)c2c1. The van der Waals surface area contributed by atoms with E-state index in [1.807, 2.05) is 6.07 Å². The summed E-state index contributed by atoms with van der Waals surface area (Å²) in [5, 5.41) is 1.26. The number of aromatic nitrogens is 1. The molecular formula is C19H24N2O2. The van der Waals surface area contributed by atoms with Crippen LogP contribution in [-0.4, -0.2) is 36.0 Å². The van der Waals surface area contributed by atoms with Crippen LogP contribution in [0.25, 0.3) is 10.9 Å². The van der Waals surface area contributed by atoms with Crippen molar-refractivity contribution in [2.75, 3.05) is 20.2 Å². The predicted octanol–water partition coefficient (Wildman–Crippen LogP) is 3.68. The van der Waals surface area contributed by atoms with E-state index in [9.17, 15) is 4.79 Å². The third-order valence-corrected chi connectivity index (χ3v) is 5.62. The van der Waals surface area contributed by atoms with Crippen LogP contribution >= 0.6 is 0 Å². The van der Waals surface area contributed by atoms with Crippen LogP contribution in [0.4, 0.5) is 0 Å². The summed E-state index contributed by atoms with van der Waals surface area (Å²) in [7, 11) is 1.71. The Morgan fingerprint density at radius 1 is 1.22 bits per heavy atom. The number of likely N-dealkylation sites (tertiary alicyclic amines) is 1. The molecule has 0 bridgehead atoms. The van der Waals surface area contributed by atoms with Gasteiger partial charge >= 0.3 is 0 Å².